The van der Waals surface area contributed by atoms with Crippen LogP contribution in [-0.4, -0.2) is 58.2 Å². The Morgan fingerprint density at radius 2 is 1.82 bits per heavy atom. The molecule has 1 N–H and O–H groups in total. The molecule has 1 aliphatic heterocycles. The van der Waals surface area contributed by atoms with Crippen molar-refractivity contribution in [2.24, 2.45) is 0 Å². The van der Waals surface area contributed by atoms with Gasteiger partial charge in [-0.3, -0.25) is 4.79 Å². The molecule has 3 rings (SSSR count). The van der Waals surface area contributed by atoms with Crippen molar-refractivity contribution in [2.75, 3.05) is 43.9 Å². The fourth-order valence-electron chi connectivity index (χ4n) is 3.76. The third-order valence-electron chi connectivity index (χ3n) is 5.50. The third-order valence-corrected chi connectivity index (χ3v) is 7.56. The van der Waals surface area contributed by atoms with Crippen molar-refractivity contribution in [3.05, 3.63) is 58.1 Å². The first-order valence-corrected chi connectivity index (χ1v) is 12.4. The summed E-state index contributed by atoms with van der Waals surface area (Å²) >= 11 is 6.02. The second-order valence-electron chi connectivity index (χ2n) is 7.78. The molecule has 0 aliphatic carbocycles. The number of hydrogen-bond acceptors (Lipinski definition) is 5. The van der Waals surface area contributed by atoms with E-state index >= 15 is 0 Å². The molecule has 1 aliphatic rings. The molecule has 0 atom stereocenters. The summed E-state index contributed by atoms with van der Waals surface area (Å²) in [5.74, 6) is -0.797. The van der Waals surface area contributed by atoms with Crippen LogP contribution in [0, 0.1) is 0 Å². The lowest BCUT2D eigenvalue weighted by Crippen LogP contribution is -2.44. The smallest absolute Gasteiger partial charge is 0.368 e. The van der Waals surface area contributed by atoms with Crippen LogP contribution in [0.25, 0.3) is 0 Å². The number of carbonyl (C=O) groups is 1. The van der Waals surface area contributed by atoms with E-state index in [0.29, 0.717) is 36.8 Å². The van der Waals surface area contributed by atoms with Crippen molar-refractivity contribution in [1.82, 2.24) is 10.2 Å². The minimum atomic E-state index is -4.63. The van der Waals surface area contributed by atoms with Gasteiger partial charge in [0.2, 0.25) is 0 Å². The normalized spacial score (nSPS) is 14.9. The summed E-state index contributed by atoms with van der Waals surface area (Å²) in [6.07, 6.45) is -4.63. The molecule has 0 saturated carbocycles. The van der Waals surface area contributed by atoms with Crippen LogP contribution in [0.2, 0.25) is 5.02 Å². The quantitative estimate of drug-likeness (QED) is 0.649. The molecule has 33 heavy (non-hydrogen) atoms. The molecule has 2 aromatic rings. The Kier molecular flexibility index (Phi) is 7.60. The summed E-state index contributed by atoms with van der Waals surface area (Å²) in [7, 11) is -2.18. The van der Waals surface area contributed by atoms with Crippen molar-refractivity contribution in [3.8, 4) is 0 Å². The molecular weight excluding hydrogens is 479 g/mol. The molecule has 1 amide bonds. The maximum Gasteiger partial charge on any atom is 0.418 e. The number of anilines is 1. The molecule has 180 valence electrons. The minimum Gasteiger partial charge on any atom is -0.368 e. The van der Waals surface area contributed by atoms with Gasteiger partial charge < -0.3 is 15.1 Å². The maximum absolute atomic E-state index is 13.8. The van der Waals surface area contributed by atoms with Crippen LogP contribution in [0.15, 0.2) is 41.3 Å². The number of halogens is 4. The first-order chi connectivity index (χ1) is 15.4. The molecule has 0 unspecified atom stereocenters. The lowest BCUT2D eigenvalue weighted by molar-refractivity contribution is -0.137. The Balaban J connectivity index is 1.92. The van der Waals surface area contributed by atoms with Crippen molar-refractivity contribution in [1.29, 1.82) is 0 Å². The van der Waals surface area contributed by atoms with Gasteiger partial charge >= 0.3 is 6.18 Å². The number of nitrogens with zero attached hydrogens (tertiary/aromatic N) is 2. The Hall–Kier alpha value is -2.30. The van der Waals surface area contributed by atoms with Crippen LogP contribution in [0.1, 0.15) is 28.4 Å². The Labute approximate surface area is 196 Å². The standard InChI is InChI=1S/C22H25ClF3N3O3S/c1-3-33(31,32)20-7-5-17(23)12-16(20)14-28(2)21(30)15-4-6-19(18(13-15)22(24,25)26)29-10-8-27-9-11-29/h4-7,12-13,27H,3,8-11,14H2,1-2H3. The number of piperazine rings is 1. The second-order valence-corrected chi connectivity index (χ2v) is 10.5. The van der Waals surface area contributed by atoms with Crippen LogP contribution in [0.5, 0.6) is 0 Å². The summed E-state index contributed by atoms with van der Waals surface area (Å²) in [5, 5.41) is 3.39. The first kappa shape index (κ1) is 25.3. The van der Waals surface area contributed by atoms with E-state index in [1.165, 1.54) is 49.2 Å². The maximum atomic E-state index is 13.8. The fraction of sp³-hybridized carbons (Fsp3) is 0.409. The largest absolute Gasteiger partial charge is 0.418 e. The number of hydrogen-bond donors (Lipinski definition) is 1. The van der Waals surface area contributed by atoms with E-state index < -0.39 is 27.5 Å². The van der Waals surface area contributed by atoms with Gasteiger partial charge in [0.15, 0.2) is 9.84 Å². The highest BCUT2D eigenvalue weighted by atomic mass is 35.5. The number of nitrogens with one attached hydrogen (secondary N) is 1. The van der Waals surface area contributed by atoms with Gasteiger partial charge in [-0.05, 0) is 42.0 Å². The van der Waals surface area contributed by atoms with Crippen LogP contribution in [0.4, 0.5) is 18.9 Å². The summed E-state index contributed by atoms with van der Waals surface area (Å²) in [6.45, 7) is 3.38. The molecule has 0 radical (unpaired) electrons. The highest BCUT2D eigenvalue weighted by molar-refractivity contribution is 7.91. The zero-order chi connectivity index (χ0) is 24.4. The van der Waals surface area contributed by atoms with Crippen molar-refractivity contribution < 1.29 is 26.4 Å². The zero-order valence-electron chi connectivity index (χ0n) is 18.2. The van der Waals surface area contributed by atoms with E-state index in [4.69, 9.17) is 11.6 Å². The highest BCUT2D eigenvalue weighted by Crippen LogP contribution is 2.37. The van der Waals surface area contributed by atoms with Crippen molar-refractivity contribution >= 4 is 33.0 Å². The van der Waals surface area contributed by atoms with E-state index in [-0.39, 0.29) is 28.4 Å². The third kappa shape index (κ3) is 5.80. The number of amides is 1. The second kappa shape index (κ2) is 9.90. The van der Waals surface area contributed by atoms with E-state index in [0.717, 1.165) is 6.07 Å². The Bertz CT molecular complexity index is 1130. The van der Waals surface area contributed by atoms with Crippen molar-refractivity contribution in [3.63, 3.8) is 0 Å². The number of benzene rings is 2. The van der Waals surface area contributed by atoms with Gasteiger partial charge in [-0.15, -0.1) is 0 Å². The van der Waals surface area contributed by atoms with Gasteiger partial charge in [-0.25, -0.2) is 8.42 Å². The topological polar surface area (TPSA) is 69.7 Å². The predicted molar refractivity (Wildman–Crippen MR) is 122 cm³/mol. The summed E-state index contributed by atoms with van der Waals surface area (Å²) < 4.78 is 66.3. The monoisotopic (exact) mass is 503 g/mol. The van der Waals surface area contributed by atoms with E-state index in [9.17, 15) is 26.4 Å². The van der Waals surface area contributed by atoms with Crippen LogP contribution < -0.4 is 10.2 Å². The molecule has 1 heterocycles. The molecule has 0 spiro atoms. The van der Waals surface area contributed by atoms with Gasteiger partial charge in [0.25, 0.3) is 5.91 Å². The molecule has 1 fully saturated rings. The Morgan fingerprint density at radius 1 is 1.15 bits per heavy atom. The number of carbonyl (C=O) groups excluding carboxylic acids is 1. The van der Waals surface area contributed by atoms with Crippen LogP contribution >= 0.6 is 11.6 Å². The van der Waals surface area contributed by atoms with Gasteiger partial charge in [-0.1, -0.05) is 18.5 Å². The Morgan fingerprint density at radius 3 is 2.42 bits per heavy atom. The average Bonchev–Trinajstić information content (AvgIpc) is 2.78. The number of sulfone groups is 1. The summed E-state index contributed by atoms with van der Waals surface area (Å²) in [5.41, 5.74) is -0.672. The molecule has 0 aromatic heterocycles. The van der Waals surface area contributed by atoms with Gasteiger partial charge in [0.05, 0.1) is 16.2 Å². The van der Waals surface area contributed by atoms with Crippen molar-refractivity contribution in [2.45, 2.75) is 24.5 Å². The molecular formula is C22H25ClF3N3O3S. The minimum absolute atomic E-state index is 0.0365. The number of rotatable bonds is 6. The van der Waals surface area contributed by atoms with Gasteiger partial charge in [0, 0.05) is 56.0 Å². The van der Waals surface area contributed by atoms with E-state index in [1.807, 2.05) is 0 Å². The SMILES string of the molecule is CCS(=O)(=O)c1ccc(Cl)cc1CN(C)C(=O)c1ccc(N2CCNCC2)c(C(F)(F)F)c1. The van der Waals surface area contributed by atoms with E-state index in [1.54, 1.807) is 4.90 Å². The van der Waals surface area contributed by atoms with Crippen LogP contribution in [-0.2, 0) is 22.6 Å². The average molecular weight is 504 g/mol. The fourth-order valence-corrected chi connectivity index (χ4v) is 5.06. The molecule has 11 heteroatoms. The summed E-state index contributed by atoms with van der Waals surface area (Å²) in [4.78, 5) is 15.8. The molecule has 0 bridgehead atoms. The lowest BCUT2D eigenvalue weighted by atomic mass is 10.0. The highest BCUT2D eigenvalue weighted by Gasteiger charge is 2.36. The lowest BCUT2D eigenvalue weighted by Gasteiger charge is -2.32. The molecule has 6 nitrogen and oxygen atoms in total. The first-order valence-electron chi connectivity index (χ1n) is 10.4. The summed E-state index contributed by atoms with van der Waals surface area (Å²) in [6, 6.07) is 7.81. The van der Waals surface area contributed by atoms with Crippen LogP contribution in [0.3, 0.4) is 0 Å². The molecule has 2 aromatic carbocycles. The number of alkyl halides is 3. The predicted octanol–water partition coefficient (Wildman–Crippen LogP) is 3.83. The zero-order valence-corrected chi connectivity index (χ0v) is 19.8. The molecule has 1 saturated heterocycles. The van der Waals surface area contributed by atoms with Gasteiger partial charge in [0.1, 0.15) is 0 Å². The van der Waals surface area contributed by atoms with Gasteiger partial charge in [-0.2, -0.15) is 13.2 Å². The van der Waals surface area contributed by atoms with E-state index in [2.05, 4.69) is 5.32 Å².